The molecule has 25 heavy (non-hydrogen) atoms. The second-order valence-electron chi connectivity index (χ2n) is 7.30. The minimum atomic E-state index is -0.504. The van der Waals surface area contributed by atoms with Crippen molar-refractivity contribution in [1.29, 1.82) is 0 Å². The third kappa shape index (κ3) is 18.0. The third-order valence-corrected chi connectivity index (χ3v) is 4.76. The Morgan fingerprint density at radius 2 is 1.20 bits per heavy atom. The van der Waals surface area contributed by atoms with Crippen LogP contribution in [-0.4, -0.2) is 25.2 Å². The first kappa shape index (κ1) is 24.4. The summed E-state index contributed by atoms with van der Waals surface area (Å²) in [5.41, 5.74) is 11.1. The fraction of sp³-hybridized carbons (Fsp3) is 0.952. The van der Waals surface area contributed by atoms with Crippen LogP contribution in [0, 0.1) is 0 Å². The molecule has 0 rings (SSSR count). The molecule has 0 unspecified atom stereocenters. The van der Waals surface area contributed by atoms with Gasteiger partial charge in [0.2, 0.25) is 0 Å². The first-order valence-corrected chi connectivity index (χ1v) is 10.8. The molecule has 0 aliphatic rings. The molecule has 0 aromatic heterocycles. The predicted octanol–water partition coefficient (Wildman–Crippen LogP) is 5.08. The van der Waals surface area contributed by atoms with E-state index in [1.165, 1.54) is 77.0 Å². The van der Waals surface area contributed by atoms with Gasteiger partial charge in [-0.15, -0.1) is 0 Å². The highest BCUT2D eigenvalue weighted by atomic mass is 16.5. The highest BCUT2D eigenvalue weighted by Gasteiger charge is 2.13. The number of ether oxygens (including phenoxy) is 1. The summed E-state index contributed by atoms with van der Waals surface area (Å²) in [7, 11) is 0. The van der Waals surface area contributed by atoms with E-state index >= 15 is 0 Å². The normalized spacial score (nSPS) is 12.3. The maximum Gasteiger partial charge on any atom is 0.322 e. The Bertz CT molecular complexity index is 285. The fourth-order valence-electron chi connectivity index (χ4n) is 3.03. The van der Waals surface area contributed by atoms with Crippen LogP contribution >= 0.6 is 0 Å². The summed E-state index contributed by atoms with van der Waals surface area (Å²) >= 11 is 0. The fourth-order valence-corrected chi connectivity index (χ4v) is 3.03. The summed E-state index contributed by atoms with van der Waals surface area (Å²) in [4.78, 5) is 11.6. The molecular formula is C21H44N2O2. The molecule has 0 spiro atoms. The standard InChI is InChI=1S/C21H44N2O2/c1-2-3-4-5-6-7-8-9-10-11-12-13-14-15-19-25-21(24)20(23)17-16-18-22/h20H,2-19,22-23H2,1H3/t20-/m0/s1. The molecule has 4 nitrogen and oxygen atoms in total. The van der Waals surface area contributed by atoms with E-state index in [0.717, 1.165) is 19.3 Å². The lowest BCUT2D eigenvalue weighted by molar-refractivity contribution is -0.145. The summed E-state index contributed by atoms with van der Waals surface area (Å²) in [6.07, 6.45) is 20.0. The van der Waals surface area contributed by atoms with Gasteiger partial charge in [0.05, 0.1) is 6.61 Å². The zero-order valence-electron chi connectivity index (χ0n) is 16.8. The molecule has 0 heterocycles. The van der Waals surface area contributed by atoms with Gasteiger partial charge in [-0.1, -0.05) is 90.4 Å². The number of carbonyl (C=O) groups is 1. The summed E-state index contributed by atoms with van der Waals surface area (Å²) < 4.78 is 5.20. The van der Waals surface area contributed by atoms with Gasteiger partial charge in [0, 0.05) is 0 Å². The van der Waals surface area contributed by atoms with Crippen molar-refractivity contribution in [3.8, 4) is 0 Å². The van der Waals surface area contributed by atoms with Crippen LogP contribution in [0.5, 0.6) is 0 Å². The first-order chi connectivity index (χ1) is 12.2. The monoisotopic (exact) mass is 356 g/mol. The van der Waals surface area contributed by atoms with Crippen LogP contribution in [0.25, 0.3) is 0 Å². The molecule has 0 saturated carbocycles. The SMILES string of the molecule is CCCCCCCCCCCCCCCCOC(=O)[C@@H](N)CCCN. The van der Waals surface area contributed by atoms with E-state index in [0.29, 0.717) is 19.6 Å². The molecule has 1 atom stereocenters. The van der Waals surface area contributed by atoms with E-state index < -0.39 is 6.04 Å². The van der Waals surface area contributed by atoms with Crippen molar-refractivity contribution in [2.45, 2.75) is 116 Å². The van der Waals surface area contributed by atoms with Gasteiger partial charge in [-0.3, -0.25) is 4.79 Å². The molecule has 0 aliphatic heterocycles. The van der Waals surface area contributed by atoms with E-state index in [-0.39, 0.29) is 5.97 Å². The molecule has 150 valence electrons. The second kappa shape index (κ2) is 19.7. The van der Waals surface area contributed by atoms with Gasteiger partial charge in [-0.2, -0.15) is 0 Å². The van der Waals surface area contributed by atoms with Crippen LogP contribution < -0.4 is 11.5 Å². The lowest BCUT2D eigenvalue weighted by Gasteiger charge is -2.10. The van der Waals surface area contributed by atoms with Crippen molar-refractivity contribution >= 4 is 5.97 Å². The van der Waals surface area contributed by atoms with Crippen LogP contribution in [0.1, 0.15) is 110 Å². The van der Waals surface area contributed by atoms with Crippen LogP contribution in [0.3, 0.4) is 0 Å². The molecule has 4 heteroatoms. The van der Waals surface area contributed by atoms with Gasteiger partial charge in [0.25, 0.3) is 0 Å². The number of rotatable bonds is 19. The van der Waals surface area contributed by atoms with Crippen molar-refractivity contribution in [1.82, 2.24) is 0 Å². The minimum Gasteiger partial charge on any atom is -0.465 e. The van der Waals surface area contributed by atoms with Gasteiger partial charge in [0.1, 0.15) is 6.04 Å². The molecule has 0 aromatic carbocycles. The van der Waals surface area contributed by atoms with Gasteiger partial charge in [-0.25, -0.2) is 0 Å². The predicted molar refractivity (Wildman–Crippen MR) is 108 cm³/mol. The zero-order chi connectivity index (χ0) is 18.6. The van der Waals surface area contributed by atoms with Crippen LogP contribution in [-0.2, 0) is 9.53 Å². The average molecular weight is 357 g/mol. The van der Waals surface area contributed by atoms with Gasteiger partial charge in [0.15, 0.2) is 0 Å². The molecule has 0 saturated heterocycles. The van der Waals surface area contributed by atoms with E-state index in [1.54, 1.807) is 0 Å². The molecule has 0 amide bonds. The lowest BCUT2D eigenvalue weighted by atomic mass is 10.0. The minimum absolute atomic E-state index is 0.275. The number of hydrogen-bond acceptors (Lipinski definition) is 4. The number of unbranched alkanes of at least 4 members (excludes halogenated alkanes) is 13. The second-order valence-corrected chi connectivity index (χ2v) is 7.30. The van der Waals surface area contributed by atoms with Crippen molar-refractivity contribution in [3.63, 3.8) is 0 Å². The molecular weight excluding hydrogens is 312 g/mol. The Hall–Kier alpha value is -0.610. The number of carbonyl (C=O) groups excluding carboxylic acids is 1. The molecule has 0 bridgehead atoms. The van der Waals surface area contributed by atoms with E-state index in [9.17, 15) is 4.79 Å². The zero-order valence-corrected chi connectivity index (χ0v) is 16.8. The molecule has 0 aliphatic carbocycles. The smallest absolute Gasteiger partial charge is 0.322 e. The van der Waals surface area contributed by atoms with Crippen molar-refractivity contribution in [2.24, 2.45) is 11.5 Å². The Labute approximate surface area is 156 Å². The third-order valence-electron chi connectivity index (χ3n) is 4.76. The Morgan fingerprint density at radius 3 is 1.64 bits per heavy atom. The van der Waals surface area contributed by atoms with Crippen molar-refractivity contribution in [2.75, 3.05) is 13.2 Å². The molecule has 0 fully saturated rings. The number of nitrogens with two attached hydrogens (primary N) is 2. The topological polar surface area (TPSA) is 78.3 Å². The molecule has 0 radical (unpaired) electrons. The summed E-state index contributed by atoms with van der Waals surface area (Å²) in [6, 6.07) is -0.504. The lowest BCUT2D eigenvalue weighted by Crippen LogP contribution is -2.33. The van der Waals surface area contributed by atoms with E-state index in [4.69, 9.17) is 16.2 Å². The number of hydrogen-bond donors (Lipinski definition) is 2. The first-order valence-electron chi connectivity index (χ1n) is 10.8. The average Bonchev–Trinajstić information content (AvgIpc) is 2.62. The quantitative estimate of drug-likeness (QED) is 0.250. The van der Waals surface area contributed by atoms with Gasteiger partial charge < -0.3 is 16.2 Å². The summed E-state index contributed by atoms with van der Waals surface area (Å²) in [5, 5.41) is 0. The highest BCUT2D eigenvalue weighted by Crippen LogP contribution is 2.13. The van der Waals surface area contributed by atoms with Crippen molar-refractivity contribution in [3.05, 3.63) is 0 Å². The van der Waals surface area contributed by atoms with Crippen LogP contribution in [0.4, 0.5) is 0 Å². The highest BCUT2D eigenvalue weighted by molar-refractivity contribution is 5.75. The maximum atomic E-state index is 11.6. The van der Waals surface area contributed by atoms with Gasteiger partial charge >= 0.3 is 5.97 Å². The molecule has 4 N–H and O–H groups in total. The van der Waals surface area contributed by atoms with E-state index in [2.05, 4.69) is 6.92 Å². The maximum absolute atomic E-state index is 11.6. The number of esters is 1. The van der Waals surface area contributed by atoms with Crippen LogP contribution in [0.15, 0.2) is 0 Å². The van der Waals surface area contributed by atoms with Crippen LogP contribution in [0.2, 0.25) is 0 Å². The van der Waals surface area contributed by atoms with E-state index in [1.807, 2.05) is 0 Å². The van der Waals surface area contributed by atoms with Crippen molar-refractivity contribution < 1.29 is 9.53 Å². The Balaban J connectivity index is 3.17. The Kier molecular flexibility index (Phi) is 19.2. The Morgan fingerprint density at radius 1 is 0.760 bits per heavy atom. The largest absolute Gasteiger partial charge is 0.465 e. The summed E-state index contributed by atoms with van der Waals surface area (Å²) in [5.74, 6) is -0.275. The summed E-state index contributed by atoms with van der Waals surface area (Å²) in [6.45, 7) is 3.35. The van der Waals surface area contributed by atoms with Gasteiger partial charge in [-0.05, 0) is 25.8 Å². The molecule has 0 aromatic rings.